The number of hydrogen-bond donors (Lipinski definition) is 1. The van der Waals surface area contributed by atoms with Crippen molar-refractivity contribution in [1.29, 1.82) is 0 Å². The number of benzene rings is 1. The van der Waals surface area contributed by atoms with Crippen LogP contribution >= 0.6 is 22.9 Å². The number of halogens is 1. The number of likely N-dealkylation sites (tertiary alicyclic amines) is 1. The third-order valence-electron chi connectivity index (χ3n) is 4.68. The Bertz CT molecular complexity index is 730. The predicted molar refractivity (Wildman–Crippen MR) is 99.2 cm³/mol. The fourth-order valence-corrected chi connectivity index (χ4v) is 4.21. The number of aryl methyl sites for hydroxylation is 1. The Hall–Kier alpha value is -1.85. The van der Waals surface area contributed by atoms with Crippen molar-refractivity contribution in [2.75, 3.05) is 13.1 Å². The molecule has 0 saturated carbocycles. The van der Waals surface area contributed by atoms with E-state index in [2.05, 4.69) is 6.07 Å². The number of amides is 1. The molecule has 1 aliphatic rings. The van der Waals surface area contributed by atoms with Gasteiger partial charge in [-0.1, -0.05) is 29.8 Å². The molecule has 1 aromatic carbocycles. The Labute approximate surface area is 156 Å². The van der Waals surface area contributed by atoms with E-state index in [9.17, 15) is 14.7 Å². The SMILES string of the molecule is O=C(O)[C@@H]1CN(C(=O)CCCc2cccs2)C[C@H]1c1ccc(Cl)cc1. The summed E-state index contributed by atoms with van der Waals surface area (Å²) in [6.07, 6.45) is 2.14. The molecule has 0 bridgehead atoms. The van der Waals surface area contributed by atoms with Gasteiger partial charge in [0.15, 0.2) is 0 Å². The van der Waals surface area contributed by atoms with Crippen LogP contribution in [0.1, 0.15) is 29.2 Å². The summed E-state index contributed by atoms with van der Waals surface area (Å²) < 4.78 is 0. The lowest BCUT2D eigenvalue weighted by molar-refractivity contribution is -0.141. The van der Waals surface area contributed by atoms with Crippen LogP contribution in [-0.4, -0.2) is 35.0 Å². The first-order valence-electron chi connectivity index (χ1n) is 8.33. The summed E-state index contributed by atoms with van der Waals surface area (Å²) in [4.78, 5) is 27.1. The molecule has 1 aliphatic heterocycles. The highest BCUT2D eigenvalue weighted by molar-refractivity contribution is 7.09. The van der Waals surface area contributed by atoms with Crippen LogP contribution < -0.4 is 0 Å². The van der Waals surface area contributed by atoms with Gasteiger partial charge in [0, 0.05) is 35.3 Å². The van der Waals surface area contributed by atoms with Gasteiger partial charge in [0.05, 0.1) is 5.92 Å². The van der Waals surface area contributed by atoms with Crippen LogP contribution in [0.15, 0.2) is 41.8 Å². The molecule has 132 valence electrons. The number of carbonyl (C=O) groups excluding carboxylic acids is 1. The van der Waals surface area contributed by atoms with E-state index in [-0.39, 0.29) is 18.4 Å². The van der Waals surface area contributed by atoms with Gasteiger partial charge in [-0.3, -0.25) is 9.59 Å². The van der Waals surface area contributed by atoms with Gasteiger partial charge in [0.1, 0.15) is 0 Å². The Morgan fingerprint density at radius 1 is 1.20 bits per heavy atom. The lowest BCUT2D eigenvalue weighted by Gasteiger charge is -2.16. The second-order valence-corrected chi connectivity index (χ2v) is 7.80. The number of carboxylic acids is 1. The molecule has 0 radical (unpaired) electrons. The molecule has 1 N–H and O–H groups in total. The molecule has 1 fully saturated rings. The first-order chi connectivity index (χ1) is 12.0. The molecule has 2 heterocycles. The van der Waals surface area contributed by atoms with Gasteiger partial charge < -0.3 is 10.0 Å². The molecule has 0 spiro atoms. The van der Waals surface area contributed by atoms with Crippen molar-refractivity contribution >= 4 is 34.8 Å². The third-order valence-corrected chi connectivity index (χ3v) is 5.87. The van der Waals surface area contributed by atoms with Gasteiger partial charge in [-0.15, -0.1) is 11.3 Å². The van der Waals surface area contributed by atoms with Gasteiger partial charge in [-0.25, -0.2) is 0 Å². The van der Waals surface area contributed by atoms with E-state index in [1.165, 1.54) is 4.88 Å². The molecule has 1 aromatic heterocycles. The van der Waals surface area contributed by atoms with Gasteiger partial charge >= 0.3 is 5.97 Å². The topological polar surface area (TPSA) is 57.6 Å². The van der Waals surface area contributed by atoms with Crippen molar-refractivity contribution in [1.82, 2.24) is 4.90 Å². The molecule has 1 saturated heterocycles. The normalized spacial score (nSPS) is 20.0. The van der Waals surface area contributed by atoms with E-state index in [4.69, 9.17) is 11.6 Å². The summed E-state index contributed by atoms with van der Waals surface area (Å²) in [7, 11) is 0. The molecule has 3 rings (SSSR count). The zero-order valence-electron chi connectivity index (χ0n) is 13.7. The number of rotatable bonds is 6. The molecule has 25 heavy (non-hydrogen) atoms. The Balaban J connectivity index is 1.61. The molecule has 0 unspecified atom stereocenters. The zero-order chi connectivity index (χ0) is 17.8. The summed E-state index contributed by atoms with van der Waals surface area (Å²) in [6, 6.07) is 11.3. The molecule has 1 amide bonds. The molecule has 2 aromatic rings. The second kappa shape index (κ2) is 8.02. The van der Waals surface area contributed by atoms with Crippen molar-refractivity contribution in [3.63, 3.8) is 0 Å². The number of hydrogen-bond acceptors (Lipinski definition) is 3. The van der Waals surface area contributed by atoms with Crippen LogP contribution in [0.2, 0.25) is 5.02 Å². The quantitative estimate of drug-likeness (QED) is 0.826. The summed E-state index contributed by atoms with van der Waals surface area (Å²) in [5.74, 6) is -1.56. The van der Waals surface area contributed by atoms with E-state index in [1.807, 2.05) is 23.6 Å². The maximum Gasteiger partial charge on any atom is 0.308 e. The van der Waals surface area contributed by atoms with E-state index >= 15 is 0 Å². The third kappa shape index (κ3) is 4.41. The van der Waals surface area contributed by atoms with E-state index in [1.54, 1.807) is 28.4 Å². The lowest BCUT2D eigenvalue weighted by Crippen LogP contribution is -2.29. The minimum absolute atomic E-state index is 0.0410. The number of nitrogens with zero attached hydrogens (tertiary/aromatic N) is 1. The molecular formula is C19H20ClNO3S. The molecule has 4 nitrogen and oxygen atoms in total. The van der Waals surface area contributed by atoms with Crippen molar-refractivity contribution in [3.8, 4) is 0 Å². The average molecular weight is 378 g/mol. The number of aliphatic carboxylic acids is 1. The molecule has 2 atom stereocenters. The predicted octanol–water partition coefficient (Wildman–Crippen LogP) is 4.05. The smallest absolute Gasteiger partial charge is 0.308 e. The number of thiophene rings is 1. The zero-order valence-corrected chi connectivity index (χ0v) is 15.3. The van der Waals surface area contributed by atoms with Crippen molar-refractivity contribution in [3.05, 3.63) is 57.2 Å². The fraction of sp³-hybridized carbons (Fsp3) is 0.368. The second-order valence-electron chi connectivity index (χ2n) is 6.33. The van der Waals surface area contributed by atoms with Crippen LogP contribution in [0.3, 0.4) is 0 Å². The highest BCUT2D eigenvalue weighted by Crippen LogP contribution is 2.34. The fourth-order valence-electron chi connectivity index (χ4n) is 3.33. The summed E-state index contributed by atoms with van der Waals surface area (Å²) >= 11 is 7.61. The highest BCUT2D eigenvalue weighted by Gasteiger charge is 2.40. The minimum atomic E-state index is -0.853. The maximum absolute atomic E-state index is 12.5. The standard InChI is InChI=1S/C19H20ClNO3S/c20-14-8-6-13(7-9-14)16-11-21(12-17(16)19(23)24)18(22)5-1-3-15-4-2-10-25-15/h2,4,6-10,16-17H,1,3,5,11-12H2,(H,23,24)/t16-,17+/m0/s1. The molecular weight excluding hydrogens is 358 g/mol. The summed E-state index contributed by atoms with van der Waals surface area (Å²) in [5, 5.41) is 12.2. The van der Waals surface area contributed by atoms with E-state index < -0.39 is 11.9 Å². The van der Waals surface area contributed by atoms with Gasteiger partial charge in [0.2, 0.25) is 5.91 Å². The first-order valence-corrected chi connectivity index (χ1v) is 9.59. The Morgan fingerprint density at radius 2 is 1.96 bits per heavy atom. The average Bonchev–Trinajstić information content (AvgIpc) is 3.25. The Morgan fingerprint density at radius 3 is 2.60 bits per heavy atom. The maximum atomic E-state index is 12.5. The first kappa shape index (κ1) is 18.0. The largest absolute Gasteiger partial charge is 0.481 e. The summed E-state index contributed by atoms with van der Waals surface area (Å²) in [5.41, 5.74) is 0.922. The lowest BCUT2D eigenvalue weighted by atomic mass is 9.89. The monoisotopic (exact) mass is 377 g/mol. The molecule has 0 aliphatic carbocycles. The van der Waals surface area contributed by atoms with Gasteiger partial charge in [-0.2, -0.15) is 0 Å². The number of carbonyl (C=O) groups is 2. The van der Waals surface area contributed by atoms with Crippen molar-refractivity contribution in [2.45, 2.75) is 25.2 Å². The van der Waals surface area contributed by atoms with Crippen LogP contribution in [-0.2, 0) is 16.0 Å². The van der Waals surface area contributed by atoms with Crippen molar-refractivity contribution in [2.24, 2.45) is 5.92 Å². The van der Waals surface area contributed by atoms with Crippen molar-refractivity contribution < 1.29 is 14.7 Å². The van der Waals surface area contributed by atoms with Gasteiger partial charge in [-0.05, 0) is 42.0 Å². The van der Waals surface area contributed by atoms with Crippen LogP contribution in [0.5, 0.6) is 0 Å². The van der Waals surface area contributed by atoms with Crippen LogP contribution in [0.25, 0.3) is 0 Å². The molecule has 6 heteroatoms. The summed E-state index contributed by atoms with van der Waals surface area (Å²) in [6.45, 7) is 0.733. The van der Waals surface area contributed by atoms with Gasteiger partial charge in [0.25, 0.3) is 0 Å². The Kier molecular flexibility index (Phi) is 5.76. The highest BCUT2D eigenvalue weighted by atomic mass is 35.5. The minimum Gasteiger partial charge on any atom is -0.481 e. The van der Waals surface area contributed by atoms with Crippen LogP contribution in [0, 0.1) is 5.92 Å². The van der Waals surface area contributed by atoms with Crippen LogP contribution in [0.4, 0.5) is 0 Å². The van der Waals surface area contributed by atoms with E-state index in [0.29, 0.717) is 18.0 Å². The number of carboxylic acid groups (broad SMARTS) is 1. The van der Waals surface area contributed by atoms with E-state index in [0.717, 1.165) is 18.4 Å².